The highest BCUT2D eigenvalue weighted by Gasteiger charge is 2.27. The number of likely N-dealkylation sites (N-methyl/N-ethyl adjacent to an activating group) is 1. The highest BCUT2D eigenvalue weighted by molar-refractivity contribution is 5.96. The van der Waals surface area contributed by atoms with Crippen LogP contribution in [0.4, 0.5) is 11.5 Å². The van der Waals surface area contributed by atoms with Gasteiger partial charge >= 0.3 is 5.69 Å². The number of nitrogen functional groups attached to an aromatic ring is 1. The number of hydrogen-bond acceptors (Lipinski definition) is 5. The number of aromatic amines is 1. The van der Waals surface area contributed by atoms with Gasteiger partial charge in [0.25, 0.3) is 5.56 Å². The lowest BCUT2D eigenvalue weighted by atomic mass is 10.1. The van der Waals surface area contributed by atoms with Crippen LogP contribution in [0, 0.1) is 0 Å². The molecule has 1 amide bonds. The van der Waals surface area contributed by atoms with Crippen LogP contribution in [0.15, 0.2) is 39.9 Å². The quantitative estimate of drug-likeness (QED) is 0.566. The van der Waals surface area contributed by atoms with Crippen molar-refractivity contribution in [3.05, 3.63) is 56.7 Å². The number of hydrogen-bond donors (Lipinski definition) is 2. The molecule has 3 rings (SSSR count). The number of amides is 1. The Balaban J connectivity index is 1.95. The number of nitrogens with zero attached hydrogens (tertiary/aromatic N) is 3. The van der Waals surface area contributed by atoms with E-state index in [1.807, 2.05) is 44.3 Å². The topological polar surface area (TPSA) is 104 Å². The van der Waals surface area contributed by atoms with Crippen molar-refractivity contribution in [2.24, 2.45) is 0 Å². The van der Waals surface area contributed by atoms with Crippen molar-refractivity contribution in [3.8, 4) is 0 Å². The monoisotopic (exact) mass is 455 g/mol. The molecule has 0 spiro atoms. The van der Waals surface area contributed by atoms with Crippen LogP contribution >= 0.6 is 0 Å². The van der Waals surface area contributed by atoms with E-state index < -0.39 is 11.2 Å². The maximum atomic E-state index is 13.6. The standard InChI is InChI=1S/C25H37N5O3/c1-3-4-16-29-23(26)22(24(32)27-25(29)33)30(17-19-12-8-7-9-13-19)21(31)18-28(2)20-14-10-5-6-11-15-20/h7-9,12-13,20H,3-6,10-11,14-18,26H2,1-2H3,(H,27,32,33). The Morgan fingerprint density at radius 1 is 1.12 bits per heavy atom. The molecule has 1 heterocycles. The molecule has 0 atom stereocenters. The van der Waals surface area contributed by atoms with Crippen molar-refractivity contribution in [1.82, 2.24) is 14.5 Å². The predicted molar refractivity (Wildman–Crippen MR) is 132 cm³/mol. The van der Waals surface area contributed by atoms with Gasteiger partial charge in [0.05, 0.1) is 13.1 Å². The average molecular weight is 456 g/mol. The third kappa shape index (κ3) is 6.35. The Hall–Kier alpha value is -2.87. The molecular weight excluding hydrogens is 418 g/mol. The van der Waals surface area contributed by atoms with Crippen LogP contribution in [-0.4, -0.2) is 40.0 Å². The Bertz CT molecular complexity index is 1020. The number of H-pyrrole nitrogens is 1. The number of unbranched alkanes of at least 4 members (excludes halogenated alkanes) is 1. The fourth-order valence-electron chi connectivity index (χ4n) is 4.56. The van der Waals surface area contributed by atoms with Crippen molar-refractivity contribution >= 4 is 17.4 Å². The van der Waals surface area contributed by atoms with Gasteiger partial charge in [0.1, 0.15) is 5.82 Å². The maximum absolute atomic E-state index is 13.6. The Morgan fingerprint density at radius 3 is 2.42 bits per heavy atom. The molecule has 0 unspecified atom stereocenters. The zero-order valence-corrected chi connectivity index (χ0v) is 19.9. The molecule has 180 valence electrons. The van der Waals surface area contributed by atoms with E-state index in [1.54, 1.807) is 0 Å². The van der Waals surface area contributed by atoms with Gasteiger partial charge in [0, 0.05) is 12.6 Å². The van der Waals surface area contributed by atoms with E-state index >= 15 is 0 Å². The molecule has 2 aromatic rings. The summed E-state index contributed by atoms with van der Waals surface area (Å²) in [4.78, 5) is 44.8. The largest absolute Gasteiger partial charge is 0.383 e. The number of nitrogens with two attached hydrogens (primary N) is 1. The molecule has 33 heavy (non-hydrogen) atoms. The molecule has 1 aromatic carbocycles. The van der Waals surface area contributed by atoms with E-state index in [9.17, 15) is 14.4 Å². The summed E-state index contributed by atoms with van der Waals surface area (Å²) >= 11 is 0. The van der Waals surface area contributed by atoms with Crippen molar-refractivity contribution in [1.29, 1.82) is 0 Å². The first-order chi connectivity index (χ1) is 15.9. The van der Waals surface area contributed by atoms with Crippen LogP contribution in [0.1, 0.15) is 63.9 Å². The molecule has 3 N–H and O–H groups in total. The van der Waals surface area contributed by atoms with E-state index in [2.05, 4.69) is 9.88 Å². The van der Waals surface area contributed by atoms with Gasteiger partial charge in [-0.3, -0.25) is 28.9 Å². The summed E-state index contributed by atoms with van der Waals surface area (Å²) in [5.74, 6) is -0.165. The van der Waals surface area contributed by atoms with Crippen LogP contribution < -0.4 is 21.9 Å². The number of rotatable bonds is 9. The number of benzene rings is 1. The Kier molecular flexibility index (Phi) is 8.88. The zero-order chi connectivity index (χ0) is 23.8. The van der Waals surface area contributed by atoms with Crippen LogP contribution in [0.5, 0.6) is 0 Å². The highest BCUT2D eigenvalue weighted by Crippen LogP contribution is 2.23. The van der Waals surface area contributed by atoms with Crippen molar-refractivity contribution < 1.29 is 4.79 Å². The van der Waals surface area contributed by atoms with Gasteiger partial charge in [-0.1, -0.05) is 69.4 Å². The van der Waals surface area contributed by atoms with Crippen LogP contribution in [0.3, 0.4) is 0 Å². The smallest absolute Gasteiger partial charge is 0.330 e. The Labute approximate surface area is 195 Å². The molecule has 0 bridgehead atoms. The van der Waals surface area contributed by atoms with Crippen LogP contribution in [-0.2, 0) is 17.9 Å². The average Bonchev–Trinajstić information content (AvgIpc) is 3.08. The second-order valence-electron chi connectivity index (χ2n) is 9.02. The molecule has 0 saturated heterocycles. The van der Waals surface area contributed by atoms with Gasteiger partial charge in [0.15, 0.2) is 5.69 Å². The minimum Gasteiger partial charge on any atom is -0.383 e. The minimum absolute atomic E-state index is 0.0404. The van der Waals surface area contributed by atoms with E-state index in [0.717, 1.165) is 31.2 Å². The number of aromatic nitrogens is 2. The van der Waals surface area contributed by atoms with Gasteiger partial charge < -0.3 is 5.73 Å². The lowest BCUT2D eigenvalue weighted by Gasteiger charge is -2.30. The molecule has 0 aliphatic heterocycles. The molecule has 1 aliphatic carbocycles. The number of carbonyl (C=O) groups is 1. The summed E-state index contributed by atoms with van der Waals surface area (Å²) in [5.41, 5.74) is 6.10. The van der Waals surface area contributed by atoms with E-state index in [1.165, 1.54) is 35.2 Å². The summed E-state index contributed by atoms with van der Waals surface area (Å²) in [5, 5.41) is 0. The van der Waals surface area contributed by atoms with Crippen LogP contribution in [0.2, 0.25) is 0 Å². The molecule has 1 aromatic heterocycles. The SMILES string of the molecule is CCCCn1c(N)c(N(Cc2ccccc2)C(=O)CN(C)C2CCCCCC2)c(=O)[nH]c1=O. The van der Waals surface area contributed by atoms with E-state index in [4.69, 9.17) is 5.73 Å². The van der Waals surface area contributed by atoms with E-state index in [0.29, 0.717) is 12.6 Å². The number of nitrogens with one attached hydrogen (secondary N) is 1. The first kappa shape index (κ1) is 24.8. The third-order valence-corrected chi connectivity index (χ3v) is 6.54. The molecule has 8 nitrogen and oxygen atoms in total. The summed E-state index contributed by atoms with van der Waals surface area (Å²) < 4.78 is 1.36. The van der Waals surface area contributed by atoms with Crippen LogP contribution in [0.25, 0.3) is 0 Å². The second kappa shape index (κ2) is 11.8. The molecule has 1 saturated carbocycles. The predicted octanol–water partition coefficient (Wildman–Crippen LogP) is 3.11. The second-order valence-corrected chi connectivity index (χ2v) is 9.02. The fourth-order valence-corrected chi connectivity index (χ4v) is 4.56. The summed E-state index contributed by atoms with van der Waals surface area (Å²) in [7, 11) is 1.98. The Morgan fingerprint density at radius 2 is 1.79 bits per heavy atom. The normalized spacial score (nSPS) is 14.9. The number of anilines is 2. The molecule has 1 fully saturated rings. The zero-order valence-electron chi connectivity index (χ0n) is 19.9. The van der Waals surface area contributed by atoms with Gasteiger partial charge in [0.2, 0.25) is 5.91 Å². The van der Waals surface area contributed by atoms with Gasteiger partial charge in [-0.05, 0) is 31.9 Å². The fraction of sp³-hybridized carbons (Fsp3) is 0.560. The molecule has 1 aliphatic rings. The van der Waals surface area contributed by atoms with Gasteiger partial charge in [-0.2, -0.15) is 0 Å². The third-order valence-electron chi connectivity index (χ3n) is 6.54. The summed E-state index contributed by atoms with van der Waals surface area (Å²) in [6, 6.07) is 9.86. The van der Waals surface area contributed by atoms with Gasteiger partial charge in [-0.15, -0.1) is 0 Å². The summed E-state index contributed by atoms with van der Waals surface area (Å²) in [6.07, 6.45) is 8.59. The van der Waals surface area contributed by atoms with Crippen molar-refractivity contribution in [2.45, 2.75) is 77.4 Å². The highest BCUT2D eigenvalue weighted by atomic mass is 16.2. The number of carbonyl (C=O) groups excluding carboxylic acids is 1. The van der Waals surface area contributed by atoms with Gasteiger partial charge in [-0.25, -0.2) is 4.79 Å². The van der Waals surface area contributed by atoms with Crippen molar-refractivity contribution in [2.75, 3.05) is 24.2 Å². The van der Waals surface area contributed by atoms with E-state index in [-0.39, 0.29) is 30.5 Å². The first-order valence-electron chi connectivity index (χ1n) is 12.1. The lowest BCUT2D eigenvalue weighted by Crippen LogP contribution is -2.46. The molecular formula is C25H37N5O3. The summed E-state index contributed by atoms with van der Waals surface area (Å²) in [6.45, 7) is 2.80. The molecule has 0 radical (unpaired) electrons. The lowest BCUT2D eigenvalue weighted by molar-refractivity contribution is -0.120. The maximum Gasteiger partial charge on any atom is 0.330 e. The minimum atomic E-state index is -0.633. The van der Waals surface area contributed by atoms with Crippen molar-refractivity contribution in [3.63, 3.8) is 0 Å². The molecule has 8 heteroatoms. The first-order valence-corrected chi connectivity index (χ1v) is 12.1.